The summed E-state index contributed by atoms with van der Waals surface area (Å²) in [6, 6.07) is 27.4. The van der Waals surface area contributed by atoms with Crippen LogP contribution in [-0.4, -0.2) is 169 Å². The van der Waals surface area contributed by atoms with Gasteiger partial charge < -0.3 is 53.0 Å². The van der Waals surface area contributed by atoms with Gasteiger partial charge in [-0.05, 0) is 60.2 Å². The average Bonchev–Trinajstić information content (AvgIpc) is 3.69. The van der Waals surface area contributed by atoms with Crippen LogP contribution in [-0.2, 0) is 23.7 Å². The van der Waals surface area contributed by atoms with E-state index in [1.54, 1.807) is 63.0 Å². The third-order valence-corrected chi connectivity index (χ3v) is 13.0. The molecule has 22 heteroatoms. The highest BCUT2D eigenvalue weighted by Gasteiger charge is 2.23. The van der Waals surface area contributed by atoms with Gasteiger partial charge in [-0.3, -0.25) is 14.6 Å². The van der Waals surface area contributed by atoms with Crippen LogP contribution in [0.2, 0.25) is 0 Å². The molecule has 0 atom stereocenters. The SMILES string of the molecule is C=Cc1cnc2c(N3CCOCC3)nc(-c3cccc(OCOC)c3)nc2c1.COCOc1cccc(-c2nc(N3CCOCC3)c3ncc(C=O)cc3n2)c1.O=Cc1cnc2c(N3CCOCC3)nc(-c3cccc(O)c3)nc2c1. The van der Waals surface area contributed by atoms with E-state index in [9.17, 15) is 14.7 Å². The molecule has 414 valence electrons. The number of hydrogen-bond donors (Lipinski definition) is 1. The van der Waals surface area contributed by atoms with Gasteiger partial charge in [0, 0.05) is 99.9 Å². The second-order valence-corrected chi connectivity index (χ2v) is 18.5. The van der Waals surface area contributed by atoms with Crippen LogP contribution in [0, 0.1) is 0 Å². The number of aromatic hydroxyl groups is 1. The van der Waals surface area contributed by atoms with Gasteiger partial charge in [-0.15, -0.1) is 0 Å². The van der Waals surface area contributed by atoms with E-state index >= 15 is 0 Å². The van der Waals surface area contributed by atoms with Crippen molar-refractivity contribution in [3.05, 3.63) is 133 Å². The lowest BCUT2D eigenvalue weighted by atomic mass is 10.2. The molecule has 81 heavy (non-hydrogen) atoms. The molecule has 0 unspecified atom stereocenters. The molecule has 6 aromatic heterocycles. The molecule has 3 fully saturated rings. The molecule has 12 rings (SSSR count). The predicted molar refractivity (Wildman–Crippen MR) is 305 cm³/mol. The number of morpholine rings is 3. The van der Waals surface area contributed by atoms with Crippen molar-refractivity contribution in [3.8, 4) is 51.4 Å². The molecule has 1 N–H and O–H groups in total. The fourth-order valence-corrected chi connectivity index (χ4v) is 9.02. The lowest BCUT2D eigenvalue weighted by Gasteiger charge is -2.28. The number of benzene rings is 3. The zero-order valence-corrected chi connectivity index (χ0v) is 44.7. The largest absolute Gasteiger partial charge is 0.508 e. The number of nitrogens with zero attached hydrogens (tertiary/aromatic N) is 12. The highest BCUT2D eigenvalue weighted by Crippen LogP contribution is 2.32. The zero-order chi connectivity index (χ0) is 55.9. The number of ether oxygens (including phenoxy) is 7. The maximum absolute atomic E-state index is 11.2. The second kappa shape index (κ2) is 26.6. The Bertz CT molecular complexity index is 3510. The Balaban J connectivity index is 0.000000137. The molecule has 0 aliphatic carbocycles. The fraction of sp³-hybridized carbons (Fsp3) is 0.271. The number of aromatic nitrogens is 9. The number of rotatable bonds is 15. The lowest BCUT2D eigenvalue weighted by Crippen LogP contribution is -2.37. The van der Waals surface area contributed by atoms with E-state index in [1.165, 1.54) is 6.20 Å². The third-order valence-electron chi connectivity index (χ3n) is 13.0. The standard InChI is InChI=1S/C21H22N4O3.C20H20N4O4.C18H16N4O3/c1-3-15-11-18-19(22-13-15)21(25-7-9-27-10-8-25)24-20(23-18)16-5-4-6-17(12-16)28-14-26-2;1-26-13-28-16-4-2-3-15(10-16)19-22-17-9-14(12-25)11-21-18(17)20(23-19)24-5-7-27-8-6-24;23-11-12-8-15-16(19-10-12)18(22-4-6-25-7-5-22)21-17(20-15)13-2-1-3-14(24)9-13/h3-6,11-13H,1,7-10,14H2,2H3;2-4,9-12H,5-8,13H2,1H3;1-3,8-11,24H,4-7H2. The lowest BCUT2D eigenvalue weighted by molar-refractivity contribution is 0.0510. The van der Waals surface area contributed by atoms with Gasteiger partial charge in [0.1, 0.15) is 33.8 Å². The van der Waals surface area contributed by atoms with Crippen molar-refractivity contribution in [1.82, 2.24) is 44.9 Å². The summed E-state index contributed by atoms with van der Waals surface area (Å²) in [5.74, 6) is 5.44. The first-order valence-corrected chi connectivity index (χ1v) is 26.1. The van der Waals surface area contributed by atoms with Gasteiger partial charge in [-0.1, -0.05) is 49.1 Å². The van der Waals surface area contributed by atoms with Crippen molar-refractivity contribution in [2.24, 2.45) is 0 Å². The Labute approximate surface area is 466 Å². The van der Waals surface area contributed by atoms with Crippen LogP contribution in [0.1, 0.15) is 26.3 Å². The normalized spacial score (nSPS) is 14.4. The minimum Gasteiger partial charge on any atom is -0.508 e. The second-order valence-electron chi connectivity index (χ2n) is 18.5. The van der Waals surface area contributed by atoms with Crippen molar-refractivity contribution in [1.29, 1.82) is 0 Å². The van der Waals surface area contributed by atoms with Gasteiger partial charge in [-0.2, -0.15) is 0 Å². The number of carbonyl (C=O) groups is 2. The Morgan fingerprint density at radius 2 is 0.852 bits per heavy atom. The molecule has 22 nitrogen and oxygen atoms in total. The van der Waals surface area contributed by atoms with Gasteiger partial charge in [0.2, 0.25) is 0 Å². The van der Waals surface area contributed by atoms with Gasteiger partial charge >= 0.3 is 0 Å². The summed E-state index contributed by atoms with van der Waals surface area (Å²) in [7, 11) is 3.16. The van der Waals surface area contributed by atoms with Crippen molar-refractivity contribution < 1.29 is 47.9 Å². The summed E-state index contributed by atoms with van der Waals surface area (Å²) in [5.41, 5.74) is 8.34. The summed E-state index contributed by atoms with van der Waals surface area (Å²) in [4.78, 5) is 70.5. The molecule has 0 amide bonds. The van der Waals surface area contributed by atoms with Gasteiger partial charge in [0.05, 0.1) is 56.2 Å². The number of pyridine rings is 3. The summed E-state index contributed by atoms with van der Waals surface area (Å²) in [6.45, 7) is 12.4. The van der Waals surface area contributed by atoms with Crippen LogP contribution in [0.25, 0.3) is 73.3 Å². The number of methoxy groups -OCH3 is 2. The van der Waals surface area contributed by atoms with E-state index in [2.05, 4.69) is 51.2 Å². The van der Waals surface area contributed by atoms with Crippen molar-refractivity contribution in [2.75, 3.05) is 121 Å². The number of phenolic OH excluding ortho intramolecular Hbond substituents is 1. The Kier molecular flexibility index (Phi) is 18.1. The maximum Gasteiger partial charge on any atom is 0.188 e. The van der Waals surface area contributed by atoms with Crippen molar-refractivity contribution in [3.63, 3.8) is 0 Å². The molecule has 3 aliphatic heterocycles. The third kappa shape index (κ3) is 13.5. The van der Waals surface area contributed by atoms with Gasteiger partial charge in [0.15, 0.2) is 61.1 Å². The number of phenols is 1. The summed E-state index contributed by atoms with van der Waals surface area (Å²) in [5, 5.41) is 9.75. The quantitative estimate of drug-likeness (QED) is 0.0770. The van der Waals surface area contributed by atoms with Crippen molar-refractivity contribution in [2.45, 2.75) is 0 Å². The molecule has 0 radical (unpaired) electrons. The molecule has 9 aromatic rings. The smallest absolute Gasteiger partial charge is 0.188 e. The number of hydrogen-bond acceptors (Lipinski definition) is 22. The minimum atomic E-state index is 0.147. The first-order chi connectivity index (χ1) is 39.8. The van der Waals surface area contributed by atoms with E-state index in [0.717, 1.165) is 78.1 Å². The Morgan fingerprint density at radius 3 is 1.21 bits per heavy atom. The molecule has 0 bridgehead atoms. The molecule has 3 aliphatic rings. The van der Waals surface area contributed by atoms with Crippen LogP contribution >= 0.6 is 0 Å². The molecule has 0 spiro atoms. The molecule has 9 heterocycles. The van der Waals surface area contributed by atoms with Crippen molar-refractivity contribution >= 4 is 69.2 Å². The number of carbonyl (C=O) groups excluding carboxylic acids is 2. The monoisotopic (exact) mass is 1090 g/mol. The molecule has 0 saturated carbocycles. The van der Waals surface area contributed by atoms with Crippen LogP contribution in [0.15, 0.2) is 116 Å². The summed E-state index contributed by atoms with van der Waals surface area (Å²) in [6.07, 6.45) is 8.14. The molecular formula is C59H58N12O10. The van der Waals surface area contributed by atoms with E-state index < -0.39 is 0 Å². The molecular weight excluding hydrogens is 1040 g/mol. The van der Waals surface area contributed by atoms with E-state index in [1.807, 2.05) is 60.7 Å². The van der Waals surface area contributed by atoms with Crippen LogP contribution in [0.5, 0.6) is 17.2 Å². The van der Waals surface area contributed by atoms with Crippen LogP contribution in [0.4, 0.5) is 17.5 Å². The number of fused-ring (bicyclic) bond motifs is 3. The van der Waals surface area contributed by atoms with E-state index in [-0.39, 0.29) is 19.3 Å². The van der Waals surface area contributed by atoms with Crippen LogP contribution < -0.4 is 24.2 Å². The van der Waals surface area contributed by atoms with E-state index in [0.29, 0.717) is 126 Å². The molecule has 3 saturated heterocycles. The molecule has 3 aromatic carbocycles. The van der Waals surface area contributed by atoms with Gasteiger partial charge in [-0.25, -0.2) is 39.9 Å². The first kappa shape index (κ1) is 55.1. The Hall–Kier alpha value is -9.19. The average molecular weight is 1100 g/mol. The number of anilines is 3. The highest BCUT2D eigenvalue weighted by molar-refractivity contribution is 5.93. The Morgan fingerprint density at radius 1 is 0.494 bits per heavy atom. The zero-order valence-electron chi connectivity index (χ0n) is 44.7. The fourth-order valence-electron chi connectivity index (χ4n) is 9.02. The topological polar surface area (TPSA) is 245 Å². The predicted octanol–water partition coefficient (Wildman–Crippen LogP) is 7.52. The van der Waals surface area contributed by atoms with E-state index in [4.69, 9.17) is 48.1 Å². The number of aldehydes is 2. The minimum absolute atomic E-state index is 0.147. The summed E-state index contributed by atoms with van der Waals surface area (Å²) < 4.78 is 37.4. The maximum atomic E-state index is 11.2. The first-order valence-electron chi connectivity index (χ1n) is 26.1. The van der Waals surface area contributed by atoms with Crippen LogP contribution in [0.3, 0.4) is 0 Å². The highest BCUT2D eigenvalue weighted by atomic mass is 16.7. The van der Waals surface area contributed by atoms with Gasteiger partial charge in [0.25, 0.3) is 0 Å². The summed E-state index contributed by atoms with van der Waals surface area (Å²) >= 11 is 0.